The summed E-state index contributed by atoms with van der Waals surface area (Å²) in [6, 6.07) is 0. The van der Waals surface area contributed by atoms with Gasteiger partial charge in [-0.1, -0.05) is 12.8 Å². The molecule has 2 heterocycles. The first-order chi connectivity index (χ1) is 6.95. The highest BCUT2D eigenvalue weighted by molar-refractivity contribution is 5.04. The maximum absolute atomic E-state index is 3.48. The van der Waals surface area contributed by atoms with Crippen molar-refractivity contribution in [1.29, 1.82) is 0 Å². The van der Waals surface area contributed by atoms with E-state index in [2.05, 4.69) is 10.2 Å². The van der Waals surface area contributed by atoms with E-state index in [1.54, 1.807) is 0 Å². The molecule has 2 aliphatic heterocycles. The Morgan fingerprint density at radius 3 is 2.21 bits per heavy atom. The summed E-state index contributed by atoms with van der Waals surface area (Å²) in [5.41, 5.74) is 0. The Morgan fingerprint density at radius 2 is 1.57 bits per heavy atom. The molecule has 1 saturated carbocycles. The van der Waals surface area contributed by atoms with Crippen LogP contribution in [0.1, 0.15) is 25.7 Å². The Hall–Kier alpha value is -0.0800. The van der Waals surface area contributed by atoms with Crippen molar-refractivity contribution in [1.82, 2.24) is 10.2 Å². The standard InChI is InChI=1S/C12H22N2/c1-2-4-6-14(5-3-1)9-12-10-7-13-8-11(10)12/h10-13H,1-9H2. The van der Waals surface area contributed by atoms with E-state index in [1.165, 1.54) is 58.4 Å². The van der Waals surface area contributed by atoms with Crippen LogP contribution in [0.5, 0.6) is 0 Å². The molecule has 0 aromatic carbocycles. The molecule has 0 radical (unpaired) electrons. The van der Waals surface area contributed by atoms with Gasteiger partial charge in [0.1, 0.15) is 0 Å². The third-order valence-electron chi connectivity index (χ3n) is 4.44. The molecule has 1 N–H and O–H groups in total. The third kappa shape index (κ3) is 1.70. The van der Waals surface area contributed by atoms with Crippen molar-refractivity contribution in [2.45, 2.75) is 25.7 Å². The summed E-state index contributed by atoms with van der Waals surface area (Å²) in [7, 11) is 0. The zero-order valence-electron chi connectivity index (χ0n) is 9.04. The molecule has 0 aromatic rings. The minimum atomic E-state index is 1.05. The maximum Gasteiger partial charge on any atom is 0.00161 e. The molecule has 0 spiro atoms. The van der Waals surface area contributed by atoms with Crippen molar-refractivity contribution >= 4 is 0 Å². The zero-order chi connectivity index (χ0) is 9.38. The van der Waals surface area contributed by atoms with Crippen molar-refractivity contribution in [3.63, 3.8) is 0 Å². The lowest BCUT2D eigenvalue weighted by Crippen LogP contribution is -2.29. The predicted octanol–water partition coefficient (Wildman–Crippen LogP) is 1.33. The number of nitrogens with zero attached hydrogens (tertiary/aromatic N) is 1. The van der Waals surface area contributed by atoms with Gasteiger partial charge in [-0.05, 0) is 56.8 Å². The van der Waals surface area contributed by atoms with Crippen molar-refractivity contribution in [2.75, 3.05) is 32.7 Å². The second kappa shape index (κ2) is 3.82. The van der Waals surface area contributed by atoms with E-state index in [9.17, 15) is 0 Å². The average molecular weight is 194 g/mol. The van der Waals surface area contributed by atoms with Crippen LogP contribution in [-0.4, -0.2) is 37.6 Å². The van der Waals surface area contributed by atoms with E-state index >= 15 is 0 Å². The topological polar surface area (TPSA) is 15.3 Å². The van der Waals surface area contributed by atoms with Crippen LogP contribution >= 0.6 is 0 Å². The van der Waals surface area contributed by atoms with Crippen molar-refractivity contribution in [3.05, 3.63) is 0 Å². The van der Waals surface area contributed by atoms with Crippen LogP contribution in [0, 0.1) is 17.8 Å². The lowest BCUT2D eigenvalue weighted by molar-refractivity contribution is 0.261. The van der Waals surface area contributed by atoms with E-state index in [-0.39, 0.29) is 0 Å². The molecule has 0 aromatic heterocycles. The highest BCUT2D eigenvalue weighted by atomic mass is 15.1. The summed E-state index contributed by atoms with van der Waals surface area (Å²) in [5.74, 6) is 3.17. The molecule has 2 atom stereocenters. The minimum absolute atomic E-state index is 1.05. The fraction of sp³-hybridized carbons (Fsp3) is 1.00. The first kappa shape index (κ1) is 9.17. The second-order valence-corrected chi connectivity index (χ2v) is 5.36. The van der Waals surface area contributed by atoms with Crippen molar-refractivity contribution in [2.24, 2.45) is 17.8 Å². The SMILES string of the molecule is C1CCCN(CC2C3CNCC32)CC1. The van der Waals surface area contributed by atoms with Gasteiger partial charge in [-0.15, -0.1) is 0 Å². The van der Waals surface area contributed by atoms with Crippen LogP contribution in [0.2, 0.25) is 0 Å². The molecular weight excluding hydrogens is 172 g/mol. The Bertz CT molecular complexity index is 186. The molecule has 14 heavy (non-hydrogen) atoms. The van der Waals surface area contributed by atoms with Gasteiger partial charge in [0.05, 0.1) is 0 Å². The minimum Gasteiger partial charge on any atom is -0.316 e. The van der Waals surface area contributed by atoms with E-state index in [1.807, 2.05) is 0 Å². The van der Waals surface area contributed by atoms with Crippen LogP contribution in [0.4, 0.5) is 0 Å². The Balaban J connectivity index is 1.47. The van der Waals surface area contributed by atoms with Gasteiger partial charge in [-0.3, -0.25) is 0 Å². The maximum atomic E-state index is 3.48. The van der Waals surface area contributed by atoms with Gasteiger partial charge < -0.3 is 10.2 Å². The van der Waals surface area contributed by atoms with Crippen molar-refractivity contribution < 1.29 is 0 Å². The third-order valence-corrected chi connectivity index (χ3v) is 4.44. The molecule has 3 aliphatic rings. The number of hydrogen-bond donors (Lipinski definition) is 1. The number of likely N-dealkylation sites (tertiary alicyclic amines) is 1. The molecule has 3 fully saturated rings. The molecule has 2 saturated heterocycles. The van der Waals surface area contributed by atoms with Gasteiger partial charge in [0.25, 0.3) is 0 Å². The molecule has 0 bridgehead atoms. The number of rotatable bonds is 2. The second-order valence-electron chi connectivity index (χ2n) is 5.36. The molecule has 80 valence electrons. The first-order valence-electron chi connectivity index (χ1n) is 6.38. The van der Waals surface area contributed by atoms with Crippen LogP contribution in [0.15, 0.2) is 0 Å². The smallest absolute Gasteiger partial charge is 0.00161 e. The fourth-order valence-electron chi connectivity index (χ4n) is 3.43. The largest absolute Gasteiger partial charge is 0.316 e. The Morgan fingerprint density at radius 1 is 0.929 bits per heavy atom. The summed E-state index contributed by atoms with van der Waals surface area (Å²) in [4.78, 5) is 2.73. The summed E-state index contributed by atoms with van der Waals surface area (Å²) in [6.45, 7) is 6.79. The number of piperidine rings is 1. The number of nitrogens with one attached hydrogen (secondary N) is 1. The quantitative estimate of drug-likeness (QED) is 0.713. The molecule has 2 nitrogen and oxygen atoms in total. The first-order valence-corrected chi connectivity index (χ1v) is 6.38. The van der Waals surface area contributed by atoms with Gasteiger partial charge in [0, 0.05) is 6.54 Å². The van der Waals surface area contributed by atoms with Gasteiger partial charge in [0.2, 0.25) is 0 Å². The van der Waals surface area contributed by atoms with Gasteiger partial charge in [-0.25, -0.2) is 0 Å². The summed E-state index contributed by atoms with van der Waals surface area (Å²) >= 11 is 0. The van der Waals surface area contributed by atoms with Gasteiger partial charge in [0.15, 0.2) is 0 Å². The lowest BCUT2D eigenvalue weighted by Gasteiger charge is -2.20. The molecule has 2 heteroatoms. The van der Waals surface area contributed by atoms with Crippen LogP contribution in [0.3, 0.4) is 0 Å². The lowest BCUT2D eigenvalue weighted by atomic mass is 10.2. The monoisotopic (exact) mass is 194 g/mol. The summed E-state index contributed by atoms with van der Waals surface area (Å²) in [6.07, 6.45) is 5.83. The molecule has 2 unspecified atom stereocenters. The summed E-state index contributed by atoms with van der Waals surface area (Å²) in [5, 5.41) is 3.48. The van der Waals surface area contributed by atoms with E-state index in [4.69, 9.17) is 0 Å². The normalized spacial score (nSPS) is 43.3. The number of hydrogen-bond acceptors (Lipinski definition) is 2. The fourth-order valence-corrected chi connectivity index (χ4v) is 3.43. The highest BCUT2D eigenvalue weighted by Crippen LogP contribution is 2.48. The van der Waals surface area contributed by atoms with E-state index in [0.717, 1.165) is 17.8 Å². The van der Waals surface area contributed by atoms with Crippen LogP contribution in [0.25, 0.3) is 0 Å². The molecule has 1 aliphatic carbocycles. The molecule has 0 amide bonds. The van der Waals surface area contributed by atoms with Crippen LogP contribution in [-0.2, 0) is 0 Å². The van der Waals surface area contributed by atoms with Crippen LogP contribution < -0.4 is 5.32 Å². The Kier molecular flexibility index (Phi) is 2.50. The molecule has 3 rings (SSSR count). The molecular formula is C12H22N2. The average Bonchev–Trinajstić information content (AvgIpc) is 2.73. The van der Waals surface area contributed by atoms with Crippen molar-refractivity contribution in [3.8, 4) is 0 Å². The van der Waals surface area contributed by atoms with E-state index in [0.29, 0.717) is 0 Å². The zero-order valence-corrected chi connectivity index (χ0v) is 9.04. The van der Waals surface area contributed by atoms with E-state index < -0.39 is 0 Å². The Labute approximate surface area is 87.0 Å². The van der Waals surface area contributed by atoms with Gasteiger partial charge in [-0.2, -0.15) is 0 Å². The summed E-state index contributed by atoms with van der Waals surface area (Å²) < 4.78 is 0. The number of fused-ring (bicyclic) bond motifs is 1. The highest BCUT2D eigenvalue weighted by Gasteiger charge is 2.52. The predicted molar refractivity (Wildman–Crippen MR) is 58.2 cm³/mol. The van der Waals surface area contributed by atoms with Gasteiger partial charge >= 0.3 is 0 Å².